The van der Waals surface area contributed by atoms with Crippen LogP contribution in [0.3, 0.4) is 0 Å². The topological polar surface area (TPSA) is 38.9 Å². The summed E-state index contributed by atoms with van der Waals surface area (Å²) in [5.74, 6) is 0.839. The average Bonchev–Trinajstić information content (AvgIpc) is 2.74. The van der Waals surface area contributed by atoms with E-state index in [2.05, 4.69) is 38.1 Å². The second kappa shape index (κ2) is 5.53. The zero-order chi connectivity index (χ0) is 14.1. The van der Waals surface area contributed by atoms with E-state index in [0.717, 1.165) is 30.2 Å². The molecular weight excluding hydrogens is 252 g/mol. The molecule has 108 valence electrons. The molecule has 2 nitrogen and oxygen atoms in total. The van der Waals surface area contributed by atoms with Crippen LogP contribution in [-0.4, -0.2) is 10.5 Å². The Balaban J connectivity index is 1.94. The highest BCUT2D eigenvalue weighted by atomic mass is 32.1. The second-order valence-electron chi connectivity index (χ2n) is 7.01. The SMILES string of the molecule is CCC(C)(C)C1CCC(N)(Cc2csc(C)n2)CC1. The molecular formula is C16H28N2S. The molecule has 1 heterocycles. The van der Waals surface area contributed by atoms with Gasteiger partial charge in [0.1, 0.15) is 0 Å². The number of aromatic nitrogens is 1. The van der Waals surface area contributed by atoms with Gasteiger partial charge in [0.2, 0.25) is 0 Å². The fourth-order valence-electron chi connectivity index (χ4n) is 3.29. The average molecular weight is 280 g/mol. The van der Waals surface area contributed by atoms with Crippen LogP contribution in [0, 0.1) is 18.3 Å². The van der Waals surface area contributed by atoms with Crippen molar-refractivity contribution in [1.82, 2.24) is 4.98 Å². The highest BCUT2D eigenvalue weighted by Gasteiger charge is 2.37. The van der Waals surface area contributed by atoms with Crippen molar-refractivity contribution in [1.29, 1.82) is 0 Å². The van der Waals surface area contributed by atoms with Crippen LogP contribution in [0.5, 0.6) is 0 Å². The monoisotopic (exact) mass is 280 g/mol. The van der Waals surface area contributed by atoms with Gasteiger partial charge < -0.3 is 5.73 Å². The first-order chi connectivity index (χ1) is 8.85. The zero-order valence-electron chi connectivity index (χ0n) is 12.8. The molecule has 0 atom stereocenters. The molecule has 0 aromatic carbocycles. The molecule has 19 heavy (non-hydrogen) atoms. The highest BCUT2D eigenvalue weighted by Crippen LogP contribution is 2.43. The predicted molar refractivity (Wildman–Crippen MR) is 83.5 cm³/mol. The van der Waals surface area contributed by atoms with Gasteiger partial charge in [-0.15, -0.1) is 11.3 Å². The summed E-state index contributed by atoms with van der Waals surface area (Å²) in [6.07, 6.45) is 7.08. The van der Waals surface area contributed by atoms with Crippen molar-refractivity contribution >= 4 is 11.3 Å². The highest BCUT2D eigenvalue weighted by molar-refractivity contribution is 7.09. The zero-order valence-corrected chi connectivity index (χ0v) is 13.6. The Hall–Kier alpha value is -0.410. The van der Waals surface area contributed by atoms with Crippen LogP contribution in [-0.2, 0) is 6.42 Å². The van der Waals surface area contributed by atoms with E-state index in [4.69, 9.17) is 5.73 Å². The van der Waals surface area contributed by atoms with Gasteiger partial charge in [-0.05, 0) is 43.9 Å². The maximum absolute atomic E-state index is 6.61. The maximum atomic E-state index is 6.61. The minimum absolute atomic E-state index is 0.0131. The molecule has 3 heteroatoms. The van der Waals surface area contributed by atoms with Gasteiger partial charge in [-0.2, -0.15) is 0 Å². The summed E-state index contributed by atoms with van der Waals surface area (Å²) in [6.45, 7) is 9.19. The summed E-state index contributed by atoms with van der Waals surface area (Å²) in [4.78, 5) is 4.57. The summed E-state index contributed by atoms with van der Waals surface area (Å²) in [7, 11) is 0. The summed E-state index contributed by atoms with van der Waals surface area (Å²) < 4.78 is 0. The quantitative estimate of drug-likeness (QED) is 0.892. The van der Waals surface area contributed by atoms with E-state index >= 15 is 0 Å². The van der Waals surface area contributed by atoms with Gasteiger partial charge in [-0.25, -0.2) is 4.98 Å². The van der Waals surface area contributed by atoms with E-state index in [1.807, 2.05) is 0 Å². The molecule has 0 amide bonds. The lowest BCUT2D eigenvalue weighted by Crippen LogP contribution is -2.47. The van der Waals surface area contributed by atoms with E-state index in [0.29, 0.717) is 5.41 Å². The van der Waals surface area contributed by atoms with E-state index in [1.54, 1.807) is 11.3 Å². The smallest absolute Gasteiger partial charge is 0.0897 e. The predicted octanol–water partition coefficient (Wildman–Crippen LogP) is 4.32. The Morgan fingerprint density at radius 2 is 2.05 bits per heavy atom. The number of hydrogen-bond acceptors (Lipinski definition) is 3. The number of nitrogens with zero attached hydrogens (tertiary/aromatic N) is 1. The standard InChI is InChI=1S/C16H28N2S/c1-5-15(3,4)13-6-8-16(17,9-7-13)10-14-11-19-12(2)18-14/h11,13H,5-10,17H2,1-4H3. The van der Waals surface area contributed by atoms with Crippen molar-refractivity contribution < 1.29 is 0 Å². The third kappa shape index (κ3) is 3.57. The molecule has 0 aliphatic heterocycles. The number of thiazole rings is 1. The molecule has 1 aromatic rings. The Morgan fingerprint density at radius 1 is 1.42 bits per heavy atom. The number of rotatable bonds is 4. The van der Waals surface area contributed by atoms with Crippen molar-refractivity contribution in [3.8, 4) is 0 Å². The molecule has 0 spiro atoms. The third-order valence-electron chi connectivity index (χ3n) is 5.20. The first kappa shape index (κ1) is 15.0. The lowest BCUT2D eigenvalue weighted by atomic mass is 9.65. The summed E-state index contributed by atoms with van der Waals surface area (Å²) in [5.41, 5.74) is 8.26. The van der Waals surface area contributed by atoms with E-state index in [9.17, 15) is 0 Å². The first-order valence-electron chi connectivity index (χ1n) is 7.54. The van der Waals surface area contributed by atoms with Crippen LogP contribution in [0.2, 0.25) is 0 Å². The summed E-state index contributed by atoms with van der Waals surface area (Å²) in [5, 5.41) is 3.32. The molecule has 1 fully saturated rings. The van der Waals surface area contributed by atoms with Crippen LogP contribution in [0.25, 0.3) is 0 Å². The second-order valence-corrected chi connectivity index (χ2v) is 8.08. The molecule has 0 bridgehead atoms. The lowest BCUT2D eigenvalue weighted by molar-refractivity contribution is 0.115. The van der Waals surface area contributed by atoms with Gasteiger partial charge in [0.25, 0.3) is 0 Å². The Bertz CT molecular complexity index is 414. The fourth-order valence-corrected chi connectivity index (χ4v) is 3.90. The normalized spacial score (nSPS) is 28.6. The molecule has 1 aliphatic rings. The number of nitrogens with two attached hydrogens (primary N) is 1. The van der Waals surface area contributed by atoms with Gasteiger partial charge in [0.15, 0.2) is 0 Å². The molecule has 0 radical (unpaired) electrons. The van der Waals surface area contributed by atoms with Crippen molar-refractivity contribution in [3.63, 3.8) is 0 Å². The molecule has 1 aromatic heterocycles. The Labute approximate surface area is 121 Å². The Morgan fingerprint density at radius 3 is 2.53 bits per heavy atom. The largest absolute Gasteiger partial charge is 0.325 e. The van der Waals surface area contributed by atoms with Crippen LogP contribution < -0.4 is 5.73 Å². The molecule has 0 unspecified atom stereocenters. The minimum atomic E-state index is -0.0131. The van der Waals surface area contributed by atoms with Crippen molar-refractivity contribution in [2.75, 3.05) is 0 Å². The first-order valence-corrected chi connectivity index (χ1v) is 8.42. The van der Waals surface area contributed by atoms with E-state index < -0.39 is 0 Å². The van der Waals surface area contributed by atoms with Crippen LogP contribution in [0.4, 0.5) is 0 Å². The van der Waals surface area contributed by atoms with Crippen LogP contribution in [0.15, 0.2) is 5.38 Å². The summed E-state index contributed by atoms with van der Waals surface area (Å²) in [6, 6.07) is 0. The Kier molecular flexibility index (Phi) is 4.36. The third-order valence-corrected chi connectivity index (χ3v) is 6.02. The van der Waals surface area contributed by atoms with Gasteiger partial charge in [-0.3, -0.25) is 0 Å². The number of aryl methyl sites for hydroxylation is 1. The van der Waals surface area contributed by atoms with Crippen molar-refractivity contribution in [2.45, 2.75) is 71.8 Å². The molecule has 1 aliphatic carbocycles. The molecule has 1 saturated carbocycles. The van der Waals surface area contributed by atoms with Crippen LogP contribution in [0.1, 0.15) is 63.6 Å². The van der Waals surface area contributed by atoms with Gasteiger partial charge in [0, 0.05) is 17.3 Å². The fraction of sp³-hybridized carbons (Fsp3) is 0.812. The van der Waals surface area contributed by atoms with Gasteiger partial charge in [-0.1, -0.05) is 27.2 Å². The van der Waals surface area contributed by atoms with Gasteiger partial charge in [0.05, 0.1) is 10.7 Å². The molecule has 2 N–H and O–H groups in total. The van der Waals surface area contributed by atoms with Crippen molar-refractivity contribution in [2.24, 2.45) is 17.1 Å². The van der Waals surface area contributed by atoms with Gasteiger partial charge >= 0.3 is 0 Å². The molecule has 0 saturated heterocycles. The number of hydrogen-bond donors (Lipinski definition) is 1. The lowest BCUT2D eigenvalue weighted by Gasteiger charge is -2.43. The molecule has 2 rings (SSSR count). The summed E-state index contributed by atoms with van der Waals surface area (Å²) >= 11 is 1.73. The van der Waals surface area contributed by atoms with Crippen LogP contribution >= 0.6 is 11.3 Å². The van der Waals surface area contributed by atoms with E-state index in [-0.39, 0.29) is 5.54 Å². The van der Waals surface area contributed by atoms with E-state index in [1.165, 1.54) is 25.0 Å². The van der Waals surface area contributed by atoms with Crippen molar-refractivity contribution in [3.05, 3.63) is 16.1 Å². The minimum Gasteiger partial charge on any atom is -0.325 e. The maximum Gasteiger partial charge on any atom is 0.0897 e.